The minimum absolute atomic E-state index is 0.0261. The number of hydrogen-bond donors (Lipinski definition) is 0. The Hall–Kier alpha value is -0.940. The fourth-order valence-corrected chi connectivity index (χ4v) is 0.786. The lowest BCUT2D eigenvalue weighted by Crippen LogP contribution is -2.34. The molecular weight excluding hydrogens is 163 g/mol. The van der Waals surface area contributed by atoms with Crippen molar-refractivity contribution in [2.45, 2.75) is 6.18 Å². The molecule has 0 saturated carbocycles. The highest BCUT2D eigenvalue weighted by atomic mass is 19.4. The number of carbonyl (C=O) groups excluding carboxylic acids is 1. The summed E-state index contributed by atoms with van der Waals surface area (Å²) in [5.41, 5.74) is 0. The van der Waals surface area contributed by atoms with Crippen LogP contribution in [0.15, 0.2) is 0 Å². The molecule has 0 bridgehead atoms. The first kappa shape index (κ1) is 8.16. The summed E-state index contributed by atoms with van der Waals surface area (Å²) in [6, 6.07) is 0. The molecule has 0 atom stereocenters. The molecule has 0 spiro atoms. The van der Waals surface area contributed by atoms with Crippen LogP contribution in [0.5, 0.6) is 0 Å². The van der Waals surface area contributed by atoms with Crippen LogP contribution in [0.2, 0.25) is 0 Å². The van der Waals surface area contributed by atoms with Gasteiger partial charge < -0.3 is 4.74 Å². The monoisotopic (exact) mass is 169 g/mol. The smallest absolute Gasteiger partial charge is 0.410 e. The van der Waals surface area contributed by atoms with Crippen molar-refractivity contribution in [1.29, 1.82) is 0 Å². The van der Waals surface area contributed by atoms with Gasteiger partial charge in [0.2, 0.25) is 0 Å². The quantitative estimate of drug-likeness (QED) is 0.586. The van der Waals surface area contributed by atoms with E-state index in [4.69, 9.17) is 0 Å². The molecule has 1 heterocycles. The molecule has 1 rings (SSSR count). The zero-order chi connectivity index (χ0) is 8.48. The van der Waals surface area contributed by atoms with Crippen LogP contribution in [0, 0.1) is 0 Å². The van der Waals surface area contributed by atoms with E-state index in [1.165, 1.54) is 0 Å². The van der Waals surface area contributed by atoms with Crippen LogP contribution in [0.1, 0.15) is 0 Å². The van der Waals surface area contributed by atoms with Gasteiger partial charge in [0.1, 0.15) is 13.2 Å². The van der Waals surface area contributed by atoms with Gasteiger partial charge >= 0.3 is 12.3 Å². The van der Waals surface area contributed by atoms with Gasteiger partial charge in [0, 0.05) is 0 Å². The largest absolute Gasteiger partial charge is 0.448 e. The average Bonchev–Trinajstić information content (AvgIpc) is 2.12. The van der Waals surface area contributed by atoms with Crippen molar-refractivity contribution < 1.29 is 22.7 Å². The second-order valence-corrected chi connectivity index (χ2v) is 2.15. The summed E-state index contributed by atoms with van der Waals surface area (Å²) in [6.45, 7) is -1.14. The van der Waals surface area contributed by atoms with Crippen molar-refractivity contribution >= 4 is 6.09 Å². The first-order valence-corrected chi connectivity index (χ1v) is 2.97. The molecular formula is C5H6F3NO2. The van der Waals surface area contributed by atoms with Crippen molar-refractivity contribution in [3.8, 4) is 0 Å². The number of alkyl halides is 3. The van der Waals surface area contributed by atoms with Crippen molar-refractivity contribution in [3.05, 3.63) is 0 Å². The first-order valence-electron chi connectivity index (χ1n) is 2.97. The first-order chi connectivity index (χ1) is 4.99. The van der Waals surface area contributed by atoms with Crippen molar-refractivity contribution in [1.82, 2.24) is 4.90 Å². The molecule has 3 nitrogen and oxygen atoms in total. The van der Waals surface area contributed by atoms with Crippen molar-refractivity contribution in [2.75, 3.05) is 19.7 Å². The van der Waals surface area contributed by atoms with E-state index in [9.17, 15) is 18.0 Å². The van der Waals surface area contributed by atoms with Crippen LogP contribution in [0.3, 0.4) is 0 Å². The third-order valence-electron chi connectivity index (χ3n) is 1.22. The summed E-state index contributed by atoms with van der Waals surface area (Å²) in [4.78, 5) is 11.1. The fraction of sp³-hybridized carbons (Fsp3) is 0.800. The zero-order valence-electron chi connectivity index (χ0n) is 5.52. The van der Waals surface area contributed by atoms with Crippen molar-refractivity contribution in [2.24, 2.45) is 0 Å². The number of hydrogen-bond acceptors (Lipinski definition) is 2. The minimum Gasteiger partial charge on any atom is -0.448 e. The van der Waals surface area contributed by atoms with Crippen LogP contribution in [0.25, 0.3) is 0 Å². The Balaban J connectivity index is 2.43. The van der Waals surface area contributed by atoms with Crippen LogP contribution in [-0.2, 0) is 4.74 Å². The molecule has 6 heteroatoms. The molecule has 11 heavy (non-hydrogen) atoms. The predicted molar refractivity (Wildman–Crippen MR) is 29.0 cm³/mol. The van der Waals surface area contributed by atoms with E-state index in [0.717, 1.165) is 0 Å². The summed E-state index contributed by atoms with van der Waals surface area (Å²) in [5.74, 6) is 0. The molecule has 1 aliphatic heterocycles. The Morgan fingerprint density at radius 3 is 2.55 bits per heavy atom. The average molecular weight is 169 g/mol. The highest BCUT2D eigenvalue weighted by molar-refractivity contribution is 5.69. The van der Waals surface area contributed by atoms with E-state index in [-0.39, 0.29) is 13.2 Å². The van der Waals surface area contributed by atoms with E-state index < -0.39 is 18.8 Å². The number of halogens is 3. The Morgan fingerprint density at radius 1 is 1.55 bits per heavy atom. The molecule has 0 aromatic rings. The van der Waals surface area contributed by atoms with E-state index >= 15 is 0 Å². The van der Waals surface area contributed by atoms with Crippen LogP contribution in [0.4, 0.5) is 18.0 Å². The number of ether oxygens (including phenoxy) is 1. The van der Waals surface area contributed by atoms with Crippen molar-refractivity contribution in [3.63, 3.8) is 0 Å². The number of carbonyl (C=O) groups is 1. The minimum atomic E-state index is -4.33. The molecule has 64 valence electrons. The van der Waals surface area contributed by atoms with Gasteiger partial charge in [-0.05, 0) is 0 Å². The van der Waals surface area contributed by atoms with Gasteiger partial charge in [-0.25, -0.2) is 4.79 Å². The lowest BCUT2D eigenvalue weighted by atomic mass is 10.5. The lowest BCUT2D eigenvalue weighted by Gasteiger charge is -2.14. The Labute approximate surface area is 60.7 Å². The van der Waals surface area contributed by atoms with Gasteiger partial charge in [0.15, 0.2) is 0 Å². The molecule has 1 aliphatic rings. The number of amides is 1. The molecule has 0 aliphatic carbocycles. The Morgan fingerprint density at radius 2 is 2.18 bits per heavy atom. The molecule has 0 unspecified atom stereocenters. The topological polar surface area (TPSA) is 29.5 Å². The fourth-order valence-electron chi connectivity index (χ4n) is 0.786. The highest BCUT2D eigenvalue weighted by Gasteiger charge is 2.35. The lowest BCUT2D eigenvalue weighted by molar-refractivity contribution is -0.138. The van der Waals surface area contributed by atoms with Gasteiger partial charge in [-0.1, -0.05) is 0 Å². The molecule has 0 aromatic heterocycles. The molecule has 0 radical (unpaired) electrons. The van der Waals surface area contributed by atoms with Gasteiger partial charge in [-0.3, -0.25) is 4.90 Å². The maximum absolute atomic E-state index is 11.6. The molecule has 1 saturated heterocycles. The van der Waals surface area contributed by atoms with E-state index in [0.29, 0.717) is 4.90 Å². The summed E-state index contributed by atoms with van der Waals surface area (Å²) in [7, 11) is 0. The SMILES string of the molecule is O=C1OCCN1CC(F)(F)F. The second kappa shape index (κ2) is 2.60. The summed E-state index contributed by atoms with van der Waals surface area (Å²) in [5, 5.41) is 0. The number of cyclic esters (lactones) is 1. The van der Waals surface area contributed by atoms with Crippen LogP contribution < -0.4 is 0 Å². The predicted octanol–water partition coefficient (Wildman–Crippen LogP) is 1.00. The van der Waals surface area contributed by atoms with E-state index in [1.807, 2.05) is 0 Å². The maximum atomic E-state index is 11.6. The molecule has 1 amide bonds. The summed E-state index contributed by atoms with van der Waals surface area (Å²) >= 11 is 0. The van der Waals surface area contributed by atoms with E-state index in [2.05, 4.69) is 4.74 Å². The standard InChI is InChI=1S/C5H6F3NO2/c6-5(7,8)3-9-1-2-11-4(9)10/h1-3H2. The Bertz CT molecular complexity index is 168. The molecule has 1 fully saturated rings. The van der Waals surface area contributed by atoms with Gasteiger partial charge in [0.05, 0.1) is 6.54 Å². The zero-order valence-corrected chi connectivity index (χ0v) is 5.52. The summed E-state index contributed by atoms with van der Waals surface area (Å²) < 4.78 is 39.2. The van der Waals surface area contributed by atoms with E-state index in [1.54, 1.807) is 0 Å². The number of nitrogens with zero attached hydrogens (tertiary/aromatic N) is 1. The third kappa shape index (κ3) is 2.28. The third-order valence-corrected chi connectivity index (χ3v) is 1.22. The maximum Gasteiger partial charge on any atom is 0.410 e. The molecule has 0 N–H and O–H groups in total. The number of rotatable bonds is 1. The van der Waals surface area contributed by atoms with Gasteiger partial charge in [-0.15, -0.1) is 0 Å². The van der Waals surface area contributed by atoms with Crippen LogP contribution >= 0.6 is 0 Å². The second-order valence-electron chi connectivity index (χ2n) is 2.15. The van der Waals surface area contributed by atoms with Crippen LogP contribution in [-0.4, -0.2) is 36.9 Å². The normalized spacial score (nSPS) is 18.8. The molecule has 0 aromatic carbocycles. The van der Waals surface area contributed by atoms with Gasteiger partial charge in [-0.2, -0.15) is 13.2 Å². The Kier molecular flexibility index (Phi) is 1.92. The highest BCUT2D eigenvalue weighted by Crippen LogP contribution is 2.18. The van der Waals surface area contributed by atoms with Gasteiger partial charge in [0.25, 0.3) is 0 Å². The summed E-state index contributed by atoms with van der Waals surface area (Å²) in [6.07, 6.45) is -5.22.